The zero-order valence-corrected chi connectivity index (χ0v) is 25.5. The fourth-order valence-electron chi connectivity index (χ4n) is 1.91. The van der Waals surface area contributed by atoms with Gasteiger partial charge in [0.05, 0.1) is 35.6 Å². The molecule has 8 nitrogen and oxygen atoms in total. The average molecular weight is 715 g/mol. The molecule has 2 amide bonds. The molecule has 0 aliphatic carbocycles. The van der Waals surface area contributed by atoms with E-state index in [1.807, 2.05) is 22.6 Å². The second-order valence-corrected chi connectivity index (χ2v) is 10.3. The van der Waals surface area contributed by atoms with E-state index in [9.17, 15) is 23.5 Å². The quantitative estimate of drug-likeness (QED) is 0.150. The van der Waals surface area contributed by atoms with Crippen molar-refractivity contribution in [1.82, 2.24) is 0 Å². The number of aliphatic hydroxyl groups is 2. The maximum Gasteiger partial charge on any atom is 0.411 e. The zero-order valence-electron chi connectivity index (χ0n) is 21.8. The number of hydrogen-bond donors (Lipinski definition) is 4. The number of carbonyl (C=O) groups excluding carboxylic acids is 2. The van der Waals surface area contributed by atoms with E-state index in [1.54, 1.807) is 13.8 Å². The number of benzene rings is 2. The molecule has 2 rings (SSSR count). The molecule has 4 N–H and O–H groups in total. The van der Waals surface area contributed by atoms with E-state index in [1.165, 1.54) is 40.2 Å². The summed E-state index contributed by atoms with van der Waals surface area (Å²) < 4.78 is 35.8. The van der Waals surface area contributed by atoms with E-state index in [4.69, 9.17) is 34.7 Å². The molecule has 2 aromatic rings. The van der Waals surface area contributed by atoms with Crippen LogP contribution in [0.1, 0.15) is 40.7 Å². The van der Waals surface area contributed by atoms with Gasteiger partial charge in [-0.3, -0.25) is 10.6 Å². The summed E-state index contributed by atoms with van der Waals surface area (Å²) in [5.74, 6) is 6.06. The van der Waals surface area contributed by atoms with Crippen LogP contribution in [0.2, 0.25) is 10.0 Å². The predicted molar refractivity (Wildman–Crippen MR) is 163 cm³/mol. The van der Waals surface area contributed by atoms with Gasteiger partial charge in [0.1, 0.15) is 22.8 Å². The molecule has 0 spiro atoms. The Morgan fingerprint density at radius 1 is 0.900 bits per heavy atom. The highest BCUT2D eigenvalue weighted by Crippen LogP contribution is 2.26. The predicted octanol–water partition coefficient (Wildman–Crippen LogP) is 7.07. The standard InChI is InChI=1S/C13H13ClFNO3.C8H6ClFINO2.C5H8O.CH4/c1-13(2,18)5-4-8-6-9(14)10(15)7-11(8)16-12(17)19-3;1-14-8(13)12-7-3-5(10)4(9)2-6(7)11;1-4-5(2,3)6;/h6-7,18H,1-3H3,(H,16,17);2-3H,1H3,(H,12,13);1,6H,2-3H3;1H4. The van der Waals surface area contributed by atoms with Crippen molar-refractivity contribution in [3.8, 4) is 24.2 Å². The molecule has 40 heavy (non-hydrogen) atoms. The van der Waals surface area contributed by atoms with Crippen LogP contribution >= 0.6 is 45.8 Å². The Balaban J connectivity index is 0. The number of amides is 2. The van der Waals surface area contributed by atoms with Gasteiger partial charge in [-0.05, 0) is 62.4 Å². The number of rotatable bonds is 2. The summed E-state index contributed by atoms with van der Waals surface area (Å²) in [6.07, 6.45) is 3.40. The van der Waals surface area contributed by atoms with Gasteiger partial charge in [0.15, 0.2) is 0 Å². The molecule has 13 heteroatoms. The van der Waals surface area contributed by atoms with Crippen LogP contribution in [0.25, 0.3) is 0 Å². The van der Waals surface area contributed by atoms with E-state index < -0.39 is 35.0 Å². The number of carbonyl (C=O) groups is 2. The lowest BCUT2D eigenvalue weighted by Gasteiger charge is -2.09. The molecule has 0 unspecified atom stereocenters. The molecule has 0 aliphatic heterocycles. The summed E-state index contributed by atoms with van der Waals surface area (Å²) >= 11 is 13.1. The summed E-state index contributed by atoms with van der Waals surface area (Å²) in [5.41, 5.74) is -1.42. The average Bonchev–Trinajstić information content (AvgIpc) is 2.83. The highest BCUT2D eigenvalue weighted by atomic mass is 127. The van der Waals surface area contributed by atoms with Gasteiger partial charge in [0, 0.05) is 21.3 Å². The molecule has 220 valence electrons. The van der Waals surface area contributed by atoms with Crippen molar-refractivity contribution in [1.29, 1.82) is 0 Å². The molecule has 2 aromatic carbocycles. The van der Waals surface area contributed by atoms with Crippen molar-refractivity contribution in [2.75, 3.05) is 24.9 Å². The van der Waals surface area contributed by atoms with Crippen LogP contribution in [0, 0.1) is 39.4 Å². The smallest absolute Gasteiger partial charge is 0.411 e. The number of methoxy groups -OCH3 is 2. The number of terminal acetylenes is 1. The van der Waals surface area contributed by atoms with Gasteiger partial charge in [-0.2, -0.15) is 0 Å². The van der Waals surface area contributed by atoms with Gasteiger partial charge in [-0.15, -0.1) is 6.42 Å². The molecular weight excluding hydrogens is 684 g/mol. The highest BCUT2D eigenvalue weighted by Gasteiger charge is 2.12. The van der Waals surface area contributed by atoms with Crippen LogP contribution in [0.5, 0.6) is 0 Å². The lowest BCUT2D eigenvalue weighted by Crippen LogP contribution is -2.15. The first kappa shape index (κ1) is 39.3. The molecule has 0 radical (unpaired) electrons. The van der Waals surface area contributed by atoms with Crippen molar-refractivity contribution >= 4 is 69.4 Å². The van der Waals surface area contributed by atoms with Crippen LogP contribution in [0.15, 0.2) is 24.3 Å². The third kappa shape index (κ3) is 16.3. The second kappa shape index (κ2) is 17.8. The third-order valence-corrected chi connectivity index (χ3v) is 5.24. The van der Waals surface area contributed by atoms with Crippen molar-refractivity contribution in [3.63, 3.8) is 0 Å². The Kier molecular flexibility index (Phi) is 17.5. The molecule has 0 atom stereocenters. The molecule has 0 bridgehead atoms. The number of nitrogens with one attached hydrogen (secondary N) is 2. The summed E-state index contributed by atoms with van der Waals surface area (Å²) in [4.78, 5) is 22.0. The molecule has 0 aromatic heterocycles. The van der Waals surface area contributed by atoms with Gasteiger partial charge in [0.2, 0.25) is 0 Å². The minimum Gasteiger partial charge on any atom is -0.453 e. The first-order chi connectivity index (χ1) is 17.8. The maximum absolute atomic E-state index is 13.4. The van der Waals surface area contributed by atoms with Gasteiger partial charge in [-0.1, -0.05) is 48.4 Å². The summed E-state index contributed by atoms with van der Waals surface area (Å²) in [7, 11) is 2.41. The minimum absolute atomic E-state index is 0. The van der Waals surface area contributed by atoms with Crippen LogP contribution in [0.4, 0.5) is 29.7 Å². The molecular formula is C27H31Cl2F2IN2O6. The van der Waals surface area contributed by atoms with Crippen molar-refractivity contribution in [3.05, 3.63) is 55.1 Å². The lowest BCUT2D eigenvalue weighted by molar-refractivity contribution is 0.143. The Morgan fingerprint density at radius 2 is 1.30 bits per heavy atom. The Labute approximate surface area is 256 Å². The zero-order chi connectivity index (χ0) is 30.6. The summed E-state index contributed by atoms with van der Waals surface area (Å²) in [6, 6.07) is 4.86. The number of hydrogen-bond acceptors (Lipinski definition) is 6. The molecule has 0 saturated heterocycles. The normalized spacial score (nSPS) is 9.90. The number of halogens is 5. The Morgan fingerprint density at radius 3 is 1.70 bits per heavy atom. The lowest BCUT2D eigenvalue weighted by atomic mass is 10.1. The number of anilines is 2. The van der Waals surface area contributed by atoms with Gasteiger partial charge in [-0.25, -0.2) is 18.4 Å². The van der Waals surface area contributed by atoms with Gasteiger partial charge >= 0.3 is 12.2 Å². The first-order valence-corrected chi connectivity index (χ1v) is 12.5. The summed E-state index contributed by atoms with van der Waals surface area (Å²) in [6.45, 7) is 6.12. The fraction of sp³-hybridized carbons (Fsp3) is 0.333. The van der Waals surface area contributed by atoms with Crippen molar-refractivity contribution < 1.29 is 38.1 Å². The second-order valence-electron chi connectivity index (χ2n) is 8.30. The largest absolute Gasteiger partial charge is 0.453 e. The van der Waals surface area contributed by atoms with Crippen LogP contribution in [-0.2, 0) is 9.47 Å². The molecule has 0 saturated carbocycles. The number of ether oxygens (including phenoxy) is 2. The van der Waals surface area contributed by atoms with E-state index in [-0.39, 0.29) is 28.7 Å². The van der Waals surface area contributed by atoms with E-state index in [0.29, 0.717) is 9.26 Å². The summed E-state index contributed by atoms with van der Waals surface area (Å²) in [5, 5.41) is 22.7. The topological polar surface area (TPSA) is 117 Å². The van der Waals surface area contributed by atoms with Gasteiger partial charge < -0.3 is 19.7 Å². The maximum atomic E-state index is 13.4. The Hall–Kier alpha value is -2.81. The van der Waals surface area contributed by atoms with Crippen LogP contribution in [0.3, 0.4) is 0 Å². The molecule has 0 fully saturated rings. The molecule has 0 heterocycles. The van der Waals surface area contributed by atoms with Gasteiger partial charge in [0.25, 0.3) is 0 Å². The highest BCUT2D eigenvalue weighted by molar-refractivity contribution is 14.1. The van der Waals surface area contributed by atoms with E-state index in [2.05, 4.69) is 37.9 Å². The third-order valence-electron chi connectivity index (χ3n) is 3.77. The Bertz CT molecular complexity index is 1280. The van der Waals surface area contributed by atoms with E-state index >= 15 is 0 Å². The van der Waals surface area contributed by atoms with Crippen molar-refractivity contribution in [2.45, 2.75) is 46.3 Å². The minimum atomic E-state index is -1.22. The van der Waals surface area contributed by atoms with E-state index in [0.717, 1.165) is 12.1 Å². The van der Waals surface area contributed by atoms with Crippen LogP contribution < -0.4 is 10.6 Å². The molecule has 0 aliphatic rings. The SMILES string of the molecule is C.C#CC(C)(C)O.COC(=O)Nc1cc(F)c(Cl)cc1C#CC(C)(C)O.COC(=O)Nc1cc(F)c(Cl)cc1I. The first-order valence-electron chi connectivity index (χ1n) is 10.6. The fourth-order valence-corrected chi connectivity index (χ4v) is 3.03. The monoisotopic (exact) mass is 714 g/mol. The van der Waals surface area contributed by atoms with Crippen molar-refractivity contribution in [2.24, 2.45) is 0 Å². The van der Waals surface area contributed by atoms with Crippen LogP contribution in [-0.4, -0.2) is 47.8 Å².